The number of halogens is 3. The van der Waals surface area contributed by atoms with Gasteiger partial charge in [-0.2, -0.15) is 0 Å². The summed E-state index contributed by atoms with van der Waals surface area (Å²) in [6, 6.07) is 9.23. The fourth-order valence-corrected chi connectivity index (χ4v) is 3.20. The third kappa shape index (κ3) is 5.28. The zero-order valence-electron chi connectivity index (χ0n) is 14.8. The molecular formula is C19H17Cl3N4O. The number of ether oxygens (including phenoxy) is 1. The molecule has 0 aliphatic rings. The van der Waals surface area contributed by atoms with E-state index < -0.39 is 0 Å². The third-order valence-electron chi connectivity index (χ3n) is 3.90. The van der Waals surface area contributed by atoms with Gasteiger partial charge >= 0.3 is 0 Å². The molecule has 5 nitrogen and oxygen atoms in total. The normalized spacial score (nSPS) is 10.9. The molecule has 0 N–H and O–H groups in total. The van der Waals surface area contributed by atoms with Crippen LogP contribution in [0.25, 0.3) is 0 Å². The summed E-state index contributed by atoms with van der Waals surface area (Å²) in [5.74, 6) is 1.60. The van der Waals surface area contributed by atoms with Crippen LogP contribution >= 0.6 is 34.8 Å². The van der Waals surface area contributed by atoms with Crippen molar-refractivity contribution in [3.63, 3.8) is 0 Å². The standard InChI is InChI=1S/C19H17Cl3N4O/c1-11-18(22)16(24-12(2)23-11)5-3-4-13-6-8-14(9-7-13)27-19-15(20)10-17(21)25-26-19/h6-10H,3-5H2,1-2H3. The molecule has 0 unspecified atom stereocenters. The van der Waals surface area contributed by atoms with Gasteiger partial charge in [-0.05, 0) is 50.8 Å². The van der Waals surface area contributed by atoms with Gasteiger partial charge in [0.15, 0.2) is 5.15 Å². The summed E-state index contributed by atoms with van der Waals surface area (Å²) in [5, 5.41) is 8.76. The van der Waals surface area contributed by atoms with Gasteiger partial charge in [-0.3, -0.25) is 0 Å². The molecule has 0 aliphatic carbocycles. The first-order valence-electron chi connectivity index (χ1n) is 8.37. The Bertz CT molecular complexity index is 948. The van der Waals surface area contributed by atoms with Crippen molar-refractivity contribution in [1.82, 2.24) is 20.2 Å². The minimum Gasteiger partial charge on any atom is -0.436 e. The van der Waals surface area contributed by atoms with Gasteiger partial charge in [0, 0.05) is 6.07 Å². The molecule has 0 saturated heterocycles. The monoisotopic (exact) mass is 422 g/mol. The van der Waals surface area contributed by atoms with Gasteiger partial charge in [-0.25, -0.2) is 9.97 Å². The van der Waals surface area contributed by atoms with Crippen molar-refractivity contribution in [3.05, 3.63) is 68.3 Å². The van der Waals surface area contributed by atoms with Gasteiger partial charge in [-0.15, -0.1) is 10.2 Å². The summed E-state index contributed by atoms with van der Waals surface area (Å²) >= 11 is 18.1. The molecule has 0 fully saturated rings. The Morgan fingerprint density at radius 3 is 2.37 bits per heavy atom. The highest BCUT2D eigenvalue weighted by atomic mass is 35.5. The summed E-state index contributed by atoms with van der Waals surface area (Å²) in [4.78, 5) is 8.71. The van der Waals surface area contributed by atoms with E-state index in [1.165, 1.54) is 11.6 Å². The summed E-state index contributed by atoms with van der Waals surface area (Å²) in [6.07, 6.45) is 2.64. The van der Waals surface area contributed by atoms with Gasteiger partial charge in [0.1, 0.15) is 16.6 Å². The molecule has 0 radical (unpaired) electrons. The Morgan fingerprint density at radius 2 is 1.67 bits per heavy atom. The first-order chi connectivity index (χ1) is 12.9. The average Bonchev–Trinajstić information content (AvgIpc) is 2.63. The fourth-order valence-electron chi connectivity index (χ4n) is 2.64. The van der Waals surface area contributed by atoms with Crippen molar-refractivity contribution in [3.8, 4) is 11.6 Å². The van der Waals surface area contributed by atoms with Crippen LogP contribution in [0.3, 0.4) is 0 Å². The van der Waals surface area contributed by atoms with Crippen LogP contribution in [0.5, 0.6) is 11.6 Å². The molecular weight excluding hydrogens is 407 g/mol. The van der Waals surface area contributed by atoms with Crippen molar-refractivity contribution >= 4 is 34.8 Å². The maximum Gasteiger partial charge on any atom is 0.257 e. The van der Waals surface area contributed by atoms with E-state index in [-0.39, 0.29) is 11.0 Å². The van der Waals surface area contributed by atoms with Crippen molar-refractivity contribution < 1.29 is 4.74 Å². The topological polar surface area (TPSA) is 60.8 Å². The molecule has 1 aromatic carbocycles. The van der Waals surface area contributed by atoms with Crippen molar-refractivity contribution in [2.24, 2.45) is 0 Å². The summed E-state index contributed by atoms with van der Waals surface area (Å²) in [5.41, 5.74) is 2.91. The Balaban J connectivity index is 1.58. The van der Waals surface area contributed by atoms with Gasteiger partial charge in [0.05, 0.1) is 16.4 Å². The lowest BCUT2D eigenvalue weighted by Crippen LogP contribution is -2.01. The Kier molecular flexibility index (Phi) is 6.47. The number of rotatable bonds is 6. The van der Waals surface area contributed by atoms with Crippen LogP contribution in [0.15, 0.2) is 30.3 Å². The van der Waals surface area contributed by atoms with E-state index in [1.807, 2.05) is 38.1 Å². The second-order valence-corrected chi connectivity index (χ2v) is 7.21. The zero-order valence-corrected chi connectivity index (χ0v) is 17.1. The summed E-state index contributed by atoms with van der Waals surface area (Å²) in [7, 11) is 0. The van der Waals surface area contributed by atoms with Crippen molar-refractivity contribution in [2.45, 2.75) is 33.1 Å². The van der Waals surface area contributed by atoms with E-state index in [9.17, 15) is 0 Å². The van der Waals surface area contributed by atoms with Crippen molar-refractivity contribution in [1.29, 1.82) is 0 Å². The van der Waals surface area contributed by atoms with Crippen LogP contribution in [0.1, 0.15) is 29.2 Å². The van der Waals surface area contributed by atoms with Crippen LogP contribution in [0, 0.1) is 13.8 Å². The summed E-state index contributed by atoms with van der Waals surface area (Å²) in [6.45, 7) is 3.78. The SMILES string of the molecule is Cc1nc(C)c(Cl)c(CCCc2ccc(Oc3nnc(Cl)cc3Cl)cc2)n1. The number of hydrogen-bond donors (Lipinski definition) is 0. The number of hydrogen-bond acceptors (Lipinski definition) is 5. The van der Waals surface area contributed by atoms with Gasteiger partial charge in [0.25, 0.3) is 5.88 Å². The van der Waals surface area contributed by atoms with Crippen LogP contribution in [-0.4, -0.2) is 20.2 Å². The predicted octanol–water partition coefficient (Wildman–Crippen LogP) is 5.81. The van der Waals surface area contributed by atoms with Crippen LogP contribution in [0.4, 0.5) is 0 Å². The van der Waals surface area contributed by atoms with E-state index in [0.717, 1.165) is 36.5 Å². The fraction of sp³-hybridized carbons (Fsp3) is 0.263. The molecule has 0 bridgehead atoms. The predicted molar refractivity (Wildman–Crippen MR) is 107 cm³/mol. The zero-order chi connectivity index (χ0) is 19.4. The lowest BCUT2D eigenvalue weighted by atomic mass is 10.1. The molecule has 0 aliphatic heterocycles. The number of aryl methyl sites for hydroxylation is 4. The maximum absolute atomic E-state index is 6.30. The quantitative estimate of drug-likeness (QED) is 0.500. The molecule has 2 heterocycles. The third-order valence-corrected chi connectivity index (χ3v) is 4.85. The highest BCUT2D eigenvalue weighted by Gasteiger charge is 2.09. The molecule has 3 rings (SSSR count). The largest absolute Gasteiger partial charge is 0.436 e. The molecule has 3 aromatic rings. The molecule has 0 saturated carbocycles. The van der Waals surface area contributed by atoms with Crippen molar-refractivity contribution in [2.75, 3.05) is 0 Å². The number of nitrogens with zero attached hydrogens (tertiary/aromatic N) is 4. The van der Waals surface area contributed by atoms with E-state index in [4.69, 9.17) is 39.5 Å². The van der Waals surface area contributed by atoms with E-state index in [1.54, 1.807) is 0 Å². The maximum atomic E-state index is 6.30. The molecule has 2 aromatic heterocycles. The molecule has 27 heavy (non-hydrogen) atoms. The van der Waals surface area contributed by atoms with Crippen LogP contribution in [0.2, 0.25) is 15.2 Å². The van der Waals surface area contributed by atoms with E-state index in [2.05, 4.69) is 20.2 Å². The molecule has 0 atom stereocenters. The van der Waals surface area contributed by atoms with Crippen LogP contribution < -0.4 is 4.74 Å². The smallest absolute Gasteiger partial charge is 0.257 e. The van der Waals surface area contributed by atoms with Crippen LogP contribution in [-0.2, 0) is 12.8 Å². The Hall–Kier alpha value is -1.95. The summed E-state index contributed by atoms with van der Waals surface area (Å²) < 4.78 is 5.64. The lowest BCUT2D eigenvalue weighted by Gasteiger charge is -2.08. The first kappa shape index (κ1) is 19.8. The number of benzene rings is 1. The van der Waals surface area contributed by atoms with E-state index >= 15 is 0 Å². The van der Waals surface area contributed by atoms with Gasteiger partial charge < -0.3 is 4.74 Å². The molecule has 0 amide bonds. The second kappa shape index (κ2) is 8.83. The lowest BCUT2D eigenvalue weighted by molar-refractivity contribution is 0.455. The second-order valence-electron chi connectivity index (χ2n) is 6.04. The first-order valence-corrected chi connectivity index (χ1v) is 9.51. The minimum absolute atomic E-state index is 0.219. The molecule has 8 heteroatoms. The molecule has 0 spiro atoms. The van der Waals surface area contributed by atoms with Gasteiger partial charge in [-0.1, -0.05) is 46.9 Å². The Morgan fingerprint density at radius 1 is 0.926 bits per heavy atom. The number of aromatic nitrogens is 4. The minimum atomic E-state index is 0.219. The van der Waals surface area contributed by atoms with Gasteiger partial charge in [0.2, 0.25) is 0 Å². The van der Waals surface area contributed by atoms with E-state index in [0.29, 0.717) is 15.8 Å². The average molecular weight is 424 g/mol. The highest BCUT2D eigenvalue weighted by Crippen LogP contribution is 2.28. The molecule has 140 valence electrons. The Labute approximate surface area is 172 Å². The highest BCUT2D eigenvalue weighted by molar-refractivity contribution is 6.34.